The van der Waals surface area contributed by atoms with Gasteiger partial charge in [-0.1, -0.05) is 36.0 Å². The Bertz CT molecular complexity index is 886. The molecular formula is C16H15N3OS. The molecule has 0 N–H and O–H groups in total. The summed E-state index contributed by atoms with van der Waals surface area (Å²) in [7, 11) is 1.75. The molecule has 2 heterocycles. The number of hydrogen-bond donors (Lipinski definition) is 0. The highest BCUT2D eigenvalue weighted by Gasteiger charge is 2.12. The predicted molar refractivity (Wildman–Crippen MR) is 86.7 cm³/mol. The standard InChI is InChI=1S/C16H15N3OS/c1-10-6-4-5-7-12(10)13-8-11-9-17-16(21-3)18-14(11)19(2)15(13)20/h4-9H,1-3H3. The van der Waals surface area contributed by atoms with Gasteiger partial charge >= 0.3 is 0 Å². The molecule has 2 aromatic heterocycles. The molecule has 0 saturated carbocycles. The molecule has 0 radical (unpaired) electrons. The van der Waals surface area contributed by atoms with Gasteiger partial charge in [-0.05, 0) is 30.4 Å². The minimum Gasteiger partial charge on any atom is -0.295 e. The number of aromatic nitrogens is 3. The first-order chi connectivity index (χ1) is 10.1. The second-order valence-corrected chi connectivity index (χ2v) is 5.65. The SMILES string of the molecule is CSc1ncc2cc(-c3ccccc3C)c(=O)n(C)c2n1. The molecule has 1 aromatic carbocycles. The van der Waals surface area contributed by atoms with Crippen LogP contribution in [-0.4, -0.2) is 20.8 Å². The van der Waals surface area contributed by atoms with Crippen LogP contribution in [0.2, 0.25) is 0 Å². The quantitative estimate of drug-likeness (QED) is 0.539. The molecule has 0 aliphatic heterocycles. The Kier molecular flexibility index (Phi) is 3.51. The van der Waals surface area contributed by atoms with Crippen LogP contribution >= 0.6 is 11.8 Å². The van der Waals surface area contributed by atoms with E-state index >= 15 is 0 Å². The van der Waals surface area contributed by atoms with Crippen LogP contribution in [0.4, 0.5) is 0 Å². The lowest BCUT2D eigenvalue weighted by Crippen LogP contribution is -2.20. The largest absolute Gasteiger partial charge is 0.295 e. The van der Waals surface area contributed by atoms with Crippen molar-refractivity contribution in [1.82, 2.24) is 14.5 Å². The van der Waals surface area contributed by atoms with Crippen LogP contribution in [0.25, 0.3) is 22.2 Å². The van der Waals surface area contributed by atoms with Crippen molar-refractivity contribution in [1.29, 1.82) is 0 Å². The third kappa shape index (κ3) is 2.34. The highest BCUT2D eigenvalue weighted by Crippen LogP contribution is 2.23. The Morgan fingerprint density at radius 3 is 2.67 bits per heavy atom. The molecular weight excluding hydrogens is 282 g/mol. The van der Waals surface area contributed by atoms with E-state index in [0.29, 0.717) is 16.4 Å². The summed E-state index contributed by atoms with van der Waals surface area (Å²) < 4.78 is 1.60. The number of hydrogen-bond acceptors (Lipinski definition) is 4. The first-order valence-corrected chi connectivity index (χ1v) is 7.81. The van der Waals surface area contributed by atoms with Crippen molar-refractivity contribution in [2.24, 2.45) is 7.05 Å². The van der Waals surface area contributed by atoms with Crippen molar-refractivity contribution < 1.29 is 0 Å². The molecule has 0 bridgehead atoms. The maximum atomic E-state index is 12.6. The fourth-order valence-electron chi connectivity index (χ4n) is 2.40. The maximum absolute atomic E-state index is 12.6. The second-order valence-electron chi connectivity index (χ2n) is 4.87. The van der Waals surface area contributed by atoms with Crippen molar-refractivity contribution >= 4 is 22.8 Å². The lowest BCUT2D eigenvalue weighted by atomic mass is 10.0. The summed E-state index contributed by atoms with van der Waals surface area (Å²) in [4.78, 5) is 21.3. The minimum atomic E-state index is -0.0393. The van der Waals surface area contributed by atoms with E-state index in [4.69, 9.17) is 0 Å². The van der Waals surface area contributed by atoms with E-state index in [9.17, 15) is 4.79 Å². The van der Waals surface area contributed by atoms with E-state index in [1.807, 2.05) is 43.5 Å². The topological polar surface area (TPSA) is 47.8 Å². The van der Waals surface area contributed by atoms with Gasteiger partial charge in [-0.2, -0.15) is 0 Å². The molecule has 3 rings (SSSR count). The fraction of sp³-hybridized carbons (Fsp3) is 0.188. The Morgan fingerprint density at radius 2 is 1.95 bits per heavy atom. The van der Waals surface area contributed by atoms with Gasteiger partial charge in [-0.25, -0.2) is 9.97 Å². The fourth-order valence-corrected chi connectivity index (χ4v) is 2.73. The van der Waals surface area contributed by atoms with Crippen LogP contribution in [0.15, 0.2) is 46.5 Å². The number of rotatable bonds is 2. The zero-order valence-electron chi connectivity index (χ0n) is 12.1. The average molecular weight is 297 g/mol. The molecule has 0 fully saturated rings. The normalized spacial score (nSPS) is 11.0. The third-order valence-electron chi connectivity index (χ3n) is 3.54. The number of benzene rings is 1. The van der Waals surface area contributed by atoms with Crippen LogP contribution < -0.4 is 5.56 Å². The van der Waals surface area contributed by atoms with Gasteiger partial charge in [0.2, 0.25) is 0 Å². The first-order valence-electron chi connectivity index (χ1n) is 6.58. The van der Waals surface area contributed by atoms with E-state index in [1.54, 1.807) is 17.8 Å². The first kappa shape index (κ1) is 13.8. The monoisotopic (exact) mass is 297 g/mol. The van der Waals surface area contributed by atoms with Gasteiger partial charge < -0.3 is 0 Å². The molecule has 4 nitrogen and oxygen atoms in total. The highest BCUT2D eigenvalue weighted by molar-refractivity contribution is 7.98. The van der Waals surface area contributed by atoms with Gasteiger partial charge in [0, 0.05) is 24.2 Å². The molecule has 0 unspecified atom stereocenters. The summed E-state index contributed by atoms with van der Waals surface area (Å²) in [5.74, 6) is 0. The number of fused-ring (bicyclic) bond motifs is 1. The van der Waals surface area contributed by atoms with E-state index < -0.39 is 0 Å². The third-order valence-corrected chi connectivity index (χ3v) is 4.11. The van der Waals surface area contributed by atoms with Crippen LogP contribution in [0.5, 0.6) is 0 Å². The predicted octanol–water partition coefficient (Wildman–Crippen LogP) is 3.03. The van der Waals surface area contributed by atoms with Crippen molar-refractivity contribution in [3.8, 4) is 11.1 Å². The summed E-state index contributed by atoms with van der Waals surface area (Å²) in [6.07, 6.45) is 3.69. The Balaban J connectivity index is 2.34. The van der Waals surface area contributed by atoms with Gasteiger partial charge in [-0.15, -0.1) is 0 Å². The van der Waals surface area contributed by atoms with E-state index in [2.05, 4.69) is 9.97 Å². The Labute approximate surface area is 126 Å². The number of thioether (sulfide) groups is 1. The van der Waals surface area contributed by atoms with Crippen LogP contribution in [0, 0.1) is 6.92 Å². The molecule has 0 aliphatic carbocycles. The average Bonchev–Trinajstić information content (AvgIpc) is 2.51. The minimum absolute atomic E-state index is 0.0393. The lowest BCUT2D eigenvalue weighted by molar-refractivity contribution is 0.861. The Hall–Kier alpha value is -2.14. The Morgan fingerprint density at radius 1 is 1.19 bits per heavy atom. The van der Waals surface area contributed by atoms with Gasteiger partial charge in [0.05, 0.1) is 0 Å². The van der Waals surface area contributed by atoms with Crippen LogP contribution in [0.1, 0.15) is 5.56 Å². The number of nitrogens with zero attached hydrogens (tertiary/aromatic N) is 3. The highest BCUT2D eigenvalue weighted by atomic mass is 32.2. The lowest BCUT2D eigenvalue weighted by Gasteiger charge is -2.10. The van der Waals surface area contributed by atoms with Crippen molar-refractivity contribution in [3.05, 3.63) is 52.4 Å². The summed E-state index contributed by atoms with van der Waals surface area (Å²) in [6, 6.07) is 9.77. The molecule has 0 saturated heterocycles. The molecule has 0 aliphatic rings. The van der Waals surface area contributed by atoms with Crippen LogP contribution in [0.3, 0.4) is 0 Å². The van der Waals surface area contributed by atoms with Gasteiger partial charge in [0.15, 0.2) is 5.16 Å². The van der Waals surface area contributed by atoms with Gasteiger partial charge in [-0.3, -0.25) is 9.36 Å². The molecule has 21 heavy (non-hydrogen) atoms. The zero-order valence-corrected chi connectivity index (χ0v) is 12.9. The second kappa shape index (κ2) is 5.33. The summed E-state index contributed by atoms with van der Waals surface area (Å²) in [5, 5.41) is 1.54. The zero-order chi connectivity index (χ0) is 15.0. The van der Waals surface area contributed by atoms with Gasteiger partial charge in [0.1, 0.15) is 5.65 Å². The van der Waals surface area contributed by atoms with Crippen molar-refractivity contribution in [2.45, 2.75) is 12.1 Å². The number of aryl methyl sites for hydroxylation is 2. The van der Waals surface area contributed by atoms with Crippen molar-refractivity contribution in [2.75, 3.05) is 6.26 Å². The molecule has 0 atom stereocenters. The summed E-state index contributed by atoms with van der Waals surface area (Å²) in [5.41, 5.74) is 3.34. The van der Waals surface area contributed by atoms with E-state index in [0.717, 1.165) is 16.5 Å². The number of pyridine rings is 1. The van der Waals surface area contributed by atoms with Crippen molar-refractivity contribution in [3.63, 3.8) is 0 Å². The van der Waals surface area contributed by atoms with E-state index in [-0.39, 0.29) is 5.56 Å². The molecule has 5 heteroatoms. The summed E-state index contributed by atoms with van der Waals surface area (Å²) >= 11 is 1.46. The smallest absolute Gasteiger partial charge is 0.259 e. The summed E-state index contributed by atoms with van der Waals surface area (Å²) in [6.45, 7) is 2.01. The van der Waals surface area contributed by atoms with E-state index in [1.165, 1.54) is 11.8 Å². The van der Waals surface area contributed by atoms with Gasteiger partial charge in [0.25, 0.3) is 5.56 Å². The maximum Gasteiger partial charge on any atom is 0.259 e. The van der Waals surface area contributed by atoms with Crippen LogP contribution in [-0.2, 0) is 7.05 Å². The molecule has 0 spiro atoms. The molecule has 0 amide bonds. The molecule has 106 valence electrons. The molecule has 3 aromatic rings.